The minimum Gasteiger partial charge on any atom is -0.502 e. The lowest BCUT2D eigenvalue weighted by Gasteiger charge is -2.08. The van der Waals surface area contributed by atoms with Crippen molar-refractivity contribution in [3.63, 3.8) is 0 Å². The predicted octanol–water partition coefficient (Wildman–Crippen LogP) is 0.0975. The molecule has 5 nitrogen and oxygen atoms in total. The highest BCUT2D eigenvalue weighted by Crippen LogP contribution is 2.11. The van der Waals surface area contributed by atoms with E-state index < -0.39 is 17.1 Å². The van der Waals surface area contributed by atoms with E-state index >= 15 is 0 Å². The second kappa shape index (κ2) is 2.93. The molecule has 0 unspecified atom stereocenters. The lowest BCUT2D eigenvalue weighted by atomic mass is 10.2. The molecule has 0 aliphatic heterocycles. The van der Waals surface area contributed by atoms with Crippen LogP contribution in [0.2, 0.25) is 0 Å². The van der Waals surface area contributed by atoms with Crippen LogP contribution in [0.5, 0.6) is 5.75 Å². The molecule has 0 radical (unpaired) electrons. The summed E-state index contributed by atoms with van der Waals surface area (Å²) in [4.78, 5) is 21.6. The van der Waals surface area contributed by atoms with Crippen molar-refractivity contribution in [2.75, 3.05) is 0 Å². The Morgan fingerprint density at radius 3 is 2.54 bits per heavy atom. The lowest BCUT2D eigenvalue weighted by molar-refractivity contribution is 0.0681. The number of carboxylic acid groups (broad SMARTS) is 1. The third kappa shape index (κ3) is 1.40. The highest BCUT2D eigenvalue weighted by atomic mass is 16.4. The van der Waals surface area contributed by atoms with Gasteiger partial charge < -0.3 is 14.8 Å². The number of aromatic carboxylic acids is 1. The number of carboxylic acids is 1. The number of hydrogen-bond donors (Lipinski definition) is 2. The van der Waals surface area contributed by atoms with Crippen LogP contribution in [0.15, 0.2) is 10.9 Å². The molecule has 1 rings (SSSR count). The fourth-order valence-corrected chi connectivity index (χ4v) is 1.05. The van der Waals surface area contributed by atoms with Crippen molar-refractivity contribution in [2.24, 2.45) is 7.05 Å². The number of pyridine rings is 1. The van der Waals surface area contributed by atoms with Gasteiger partial charge in [0.1, 0.15) is 0 Å². The normalized spacial score (nSPS) is 10.0. The Hall–Kier alpha value is -1.78. The average Bonchev–Trinajstić information content (AvgIpc) is 2.01. The Bertz CT molecular complexity index is 419. The van der Waals surface area contributed by atoms with Gasteiger partial charge in [-0.2, -0.15) is 0 Å². The van der Waals surface area contributed by atoms with Crippen molar-refractivity contribution in [1.29, 1.82) is 0 Å². The molecule has 1 aromatic heterocycles. The van der Waals surface area contributed by atoms with Gasteiger partial charge in [0.25, 0.3) is 0 Å². The molecule has 0 bridgehead atoms. The van der Waals surface area contributed by atoms with Gasteiger partial charge >= 0.3 is 5.97 Å². The Morgan fingerprint density at radius 2 is 2.08 bits per heavy atom. The van der Waals surface area contributed by atoms with Crippen molar-refractivity contribution in [3.05, 3.63) is 27.7 Å². The molecular formula is C8H9NO4. The molecule has 0 aliphatic rings. The summed E-state index contributed by atoms with van der Waals surface area (Å²) in [6.45, 7) is 1.59. The number of nitrogens with zero attached hydrogens (tertiary/aromatic N) is 1. The van der Waals surface area contributed by atoms with Gasteiger partial charge in [0, 0.05) is 18.8 Å². The summed E-state index contributed by atoms with van der Waals surface area (Å²) in [6, 6.07) is 1.18. The molecule has 0 amide bonds. The zero-order chi connectivity index (χ0) is 10.2. The maximum Gasteiger partial charge on any atom is 0.356 e. The van der Waals surface area contributed by atoms with Gasteiger partial charge in [-0.25, -0.2) is 4.79 Å². The van der Waals surface area contributed by atoms with Crippen LogP contribution in [-0.4, -0.2) is 20.7 Å². The van der Waals surface area contributed by atoms with Crippen LogP contribution in [-0.2, 0) is 7.05 Å². The number of carbonyl (C=O) groups is 1. The third-order valence-corrected chi connectivity index (χ3v) is 1.86. The first-order valence-electron chi connectivity index (χ1n) is 3.58. The molecule has 0 saturated heterocycles. The van der Waals surface area contributed by atoms with Crippen molar-refractivity contribution in [1.82, 2.24) is 4.57 Å². The number of rotatable bonds is 1. The summed E-state index contributed by atoms with van der Waals surface area (Å²) in [6.07, 6.45) is 0. The molecule has 2 N–H and O–H groups in total. The Balaban J connectivity index is 3.66. The summed E-state index contributed by atoms with van der Waals surface area (Å²) in [5.74, 6) is -2.04. The van der Waals surface area contributed by atoms with E-state index in [9.17, 15) is 9.59 Å². The molecule has 0 atom stereocenters. The van der Waals surface area contributed by atoms with Gasteiger partial charge in [0.2, 0.25) is 5.43 Å². The molecule has 1 aromatic rings. The minimum atomic E-state index is -1.32. The van der Waals surface area contributed by atoms with Crippen molar-refractivity contribution in [3.8, 4) is 5.75 Å². The maximum atomic E-state index is 11.0. The fourth-order valence-electron chi connectivity index (χ4n) is 1.05. The molecule has 0 saturated carbocycles. The zero-order valence-electron chi connectivity index (χ0n) is 7.24. The molecule has 13 heavy (non-hydrogen) atoms. The van der Waals surface area contributed by atoms with E-state index in [0.29, 0.717) is 5.69 Å². The molecule has 1 heterocycles. The smallest absolute Gasteiger partial charge is 0.356 e. The number of aromatic hydroxyl groups is 1. The quantitative estimate of drug-likeness (QED) is 0.647. The summed E-state index contributed by atoms with van der Waals surface area (Å²) >= 11 is 0. The molecular weight excluding hydrogens is 174 g/mol. The van der Waals surface area contributed by atoms with Gasteiger partial charge in [-0.3, -0.25) is 4.79 Å². The van der Waals surface area contributed by atoms with E-state index in [4.69, 9.17) is 10.2 Å². The standard InChI is InChI=1S/C8H9NO4/c1-4-3-5(10)7(11)6(8(12)13)9(4)2/h3,11H,1-2H3,(H,12,13). The van der Waals surface area contributed by atoms with Crippen molar-refractivity contribution in [2.45, 2.75) is 6.92 Å². The molecule has 0 fully saturated rings. The van der Waals surface area contributed by atoms with Crippen LogP contribution in [0.3, 0.4) is 0 Å². The second-order valence-corrected chi connectivity index (χ2v) is 2.71. The number of aryl methyl sites for hydroxylation is 1. The molecule has 0 aromatic carbocycles. The third-order valence-electron chi connectivity index (χ3n) is 1.86. The first-order valence-corrected chi connectivity index (χ1v) is 3.58. The van der Waals surface area contributed by atoms with Crippen LogP contribution in [0.25, 0.3) is 0 Å². The zero-order valence-corrected chi connectivity index (χ0v) is 7.24. The predicted molar refractivity (Wildman–Crippen MR) is 45.0 cm³/mol. The van der Waals surface area contributed by atoms with Gasteiger partial charge in [0.15, 0.2) is 11.4 Å². The van der Waals surface area contributed by atoms with Gasteiger partial charge in [-0.1, -0.05) is 0 Å². The van der Waals surface area contributed by atoms with Crippen LogP contribution in [0, 0.1) is 6.92 Å². The maximum absolute atomic E-state index is 11.0. The molecule has 0 spiro atoms. The van der Waals surface area contributed by atoms with Crippen LogP contribution in [0.4, 0.5) is 0 Å². The van der Waals surface area contributed by atoms with E-state index in [1.165, 1.54) is 17.7 Å². The van der Waals surface area contributed by atoms with E-state index in [2.05, 4.69) is 0 Å². The van der Waals surface area contributed by atoms with Crippen LogP contribution >= 0.6 is 0 Å². The summed E-state index contributed by atoms with van der Waals surface area (Å²) < 4.78 is 1.25. The van der Waals surface area contributed by atoms with E-state index in [1.807, 2.05) is 0 Å². The van der Waals surface area contributed by atoms with Crippen LogP contribution < -0.4 is 5.43 Å². The Labute approximate surface area is 73.9 Å². The van der Waals surface area contributed by atoms with E-state index in [-0.39, 0.29) is 5.69 Å². The summed E-state index contributed by atoms with van der Waals surface area (Å²) in [7, 11) is 1.47. The summed E-state index contributed by atoms with van der Waals surface area (Å²) in [5, 5.41) is 17.8. The topological polar surface area (TPSA) is 79.5 Å². The fraction of sp³-hybridized carbons (Fsp3) is 0.250. The van der Waals surface area contributed by atoms with Crippen molar-refractivity contribution < 1.29 is 15.0 Å². The highest BCUT2D eigenvalue weighted by molar-refractivity contribution is 5.88. The Morgan fingerprint density at radius 1 is 1.54 bits per heavy atom. The Kier molecular flexibility index (Phi) is 2.10. The van der Waals surface area contributed by atoms with Gasteiger partial charge in [-0.05, 0) is 6.92 Å². The highest BCUT2D eigenvalue weighted by Gasteiger charge is 2.16. The largest absolute Gasteiger partial charge is 0.502 e. The van der Waals surface area contributed by atoms with Crippen molar-refractivity contribution >= 4 is 5.97 Å². The van der Waals surface area contributed by atoms with E-state index in [0.717, 1.165) is 0 Å². The first-order chi connectivity index (χ1) is 5.95. The number of aromatic nitrogens is 1. The molecule has 70 valence electrons. The lowest BCUT2D eigenvalue weighted by Crippen LogP contribution is -2.17. The number of hydrogen-bond acceptors (Lipinski definition) is 3. The molecule has 5 heteroatoms. The first kappa shape index (κ1) is 9.31. The average molecular weight is 183 g/mol. The van der Waals surface area contributed by atoms with Crippen LogP contribution in [0.1, 0.15) is 16.2 Å². The monoisotopic (exact) mass is 183 g/mol. The minimum absolute atomic E-state index is 0.384. The summed E-state index contributed by atoms with van der Waals surface area (Å²) in [5.41, 5.74) is -0.571. The van der Waals surface area contributed by atoms with E-state index in [1.54, 1.807) is 6.92 Å². The molecule has 0 aliphatic carbocycles. The van der Waals surface area contributed by atoms with Gasteiger partial charge in [0.05, 0.1) is 0 Å². The SMILES string of the molecule is Cc1cc(=O)c(O)c(C(=O)O)n1C. The second-order valence-electron chi connectivity index (χ2n) is 2.71. The van der Waals surface area contributed by atoms with Gasteiger partial charge in [-0.15, -0.1) is 0 Å².